The molecule has 1 aliphatic heterocycles. The molecule has 0 aromatic heterocycles. The molecule has 1 aromatic carbocycles. The van der Waals surface area contributed by atoms with Crippen LogP contribution in [0.15, 0.2) is 24.3 Å². The van der Waals surface area contributed by atoms with Gasteiger partial charge >= 0.3 is 0 Å². The van der Waals surface area contributed by atoms with Crippen LogP contribution in [0.3, 0.4) is 0 Å². The van der Waals surface area contributed by atoms with Crippen molar-refractivity contribution in [2.75, 3.05) is 26.7 Å². The summed E-state index contributed by atoms with van der Waals surface area (Å²) in [7, 11) is 1.67. The van der Waals surface area contributed by atoms with Crippen LogP contribution in [0.1, 0.15) is 67.3 Å². The van der Waals surface area contributed by atoms with E-state index in [0.29, 0.717) is 5.54 Å². The van der Waals surface area contributed by atoms with Crippen molar-refractivity contribution in [2.45, 2.75) is 63.5 Å². The molecular formula is C21H33N3O. The van der Waals surface area contributed by atoms with Crippen LogP contribution in [0.4, 0.5) is 0 Å². The average Bonchev–Trinajstić information content (AvgIpc) is 2.69. The number of nitrogens with one attached hydrogen (secondary N) is 2. The largest absolute Gasteiger partial charge is 0.355 e. The van der Waals surface area contributed by atoms with E-state index in [4.69, 9.17) is 0 Å². The summed E-state index contributed by atoms with van der Waals surface area (Å²) in [6.45, 7) is 4.53. The Kier molecular flexibility index (Phi) is 6.49. The van der Waals surface area contributed by atoms with Crippen molar-refractivity contribution in [2.24, 2.45) is 0 Å². The molecule has 2 N–H and O–H groups in total. The fraction of sp³-hybridized carbons (Fsp3) is 0.667. The van der Waals surface area contributed by atoms with E-state index in [2.05, 4.69) is 27.7 Å². The van der Waals surface area contributed by atoms with Gasteiger partial charge < -0.3 is 10.6 Å². The molecule has 0 spiro atoms. The number of likely N-dealkylation sites (tertiary alicyclic amines) is 1. The molecule has 4 nitrogen and oxygen atoms in total. The first-order valence-corrected chi connectivity index (χ1v) is 10.0. The minimum atomic E-state index is -0.0224. The Balaban J connectivity index is 1.57. The Morgan fingerprint density at radius 1 is 1.00 bits per heavy atom. The highest BCUT2D eigenvalue weighted by Gasteiger charge is 2.37. The van der Waals surface area contributed by atoms with Gasteiger partial charge in [-0.15, -0.1) is 0 Å². The third-order valence-corrected chi connectivity index (χ3v) is 6.04. The van der Waals surface area contributed by atoms with Crippen LogP contribution in [0.2, 0.25) is 0 Å². The summed E-state index contributed by atoms with van der Waals surface area (Å²) >= 11 is 0. The summed E-state index contributed by atoms with van der Waals surface area (Å²) in [4.78, 5) is 14.4. The van der Waals surface area contributed by atoms with Gasteiger partial charge in [-0.25, -0.2) is 0 Å². The smallest absolute Gasteiger partial charge is 0.251 e. The first-order chi connectivity index (χ1) is 12.2. The van der Waals surface area contributed by atoms with Crippen LogP contribution in [-0.2, 0) is 6.54 Å². The third kappa shape index (κ3) is 4.62. The van der Waals surface area contributed by atoms with E-state index in [1.807, 2.05) is 12.1 Å². The number of carbonyl (C=O) groups is 1. The summed E-state index contributed by atoms with van der Waals surface area (Å²) < 4.78 is 0. The maximum Gasteiger partial charge on any atom is 0.251 e. The van der Waals surface area contributed by atoms with E-state index in [0.717, 1.165) is 18.7 Å². The lowest BCUT2D eigenvalue weighted by molar-refractivity contribution is 0.0333. The number of carbonyl (C=O) groups excluding carboxylic acids is 1. The molecule has 0 unspecified atom stereocenters. The highest BCUT2D eigenvalue weighted by molar-refractivity contribution is 5.93. The molecule has 138 valence electrons. The lowest BCUT2D eigenvalue weighted by Crippen LogP contribution is -2.57. The minimum absolute atomic E-state index is 0.0224. The number of piperidine rings is 1. The number of hydrogen-bond donors (Lipinski definition) is 2. The highest BCUT2D eigenvalue weighted by atomic mass is 16.1. The maximum atomic E-state index is 11.6. The lowest BCUT2D eigenvalue weighted by Gasteiger charge is -2.48. The molecule has 3 rings (SSSR count). The van der Waals surface area contributed by atoms with Gasteiger partial charge in [-0.2, -0.15) is 0 Å². The standard InChI is InChI=1S/C21H33N3O/c1-22-20(25)19-10-8-18(9-11-19)16-23-17-21(12-4-2-5-13-21)24-14-6-3-7-15-24/h8-11,23H,2-7,12-17H2,1H3,(H,22,25). The van der Waals surface area contributed by atoms with Gasteiger partial charge in [0.2, 0.25) is 0 Å². The second-order valence-corrected chi connectivity index (χ2v) is 7.71. The van der Waals surface area contributed by atoms with Gasteiger partial charge in [0.1, 0.15) is 0 Å². The normalized spacial score (nSPS) is 21.0. The molecule has 1 amide bonds. The molecule has 1 saturated carbocycles. The third-order valence-electron chi connectivity index (χ3n) is 6.04. The molecule has 0 bridgehead atoms. The summed E-state index contributed by atoms with van der Waals surface area (Å²) in [5, 5.41) is 6.40. The molecule has 0 atom stereocenters. The summed E-state index contributed by atoms with van der Waals surface area (Å²) in [5.74, 6) is -0.0224. The quantitative estimate of drug-likeness (QED) is 0.833. The molecule has 1 saturated heterocycles. The molecule has 1 aromatic rings. The van der Waals surface area contributed by atoms with Crippen molar-refractivity contribution in [1.82, 2.24) is 15.5 Å². The zero-order chi connectivity index (χ0) is 17.5. The molecule has 2 aliphatic rings. The van der Waals surface area contributed by atoms with Gasteiger partial charge in [0, 0.05) is 31.2 Å². The monoisotopic (exact) mass is 343 g/mol. The zero-order valence-electron chi connectivity index (χ0n) is 15.7. The van der Waals surface area contributed by atoms with Gasteiger partial charge in [-0.1, -0.05) is 37.8 Å². The number of hydrogen-bond acceptors (Lipinski definition) is 3. The van der Waals surface area contributed by atoms with Crippen molar-refractivity contribution in [3.63, 3.8) is 0 Å². The topological polar surface area (TPSA) is 44.4 Å². The van der Waals surface area contributed by atoms with Gasteiger partial charge in [-0.3, -0.25) is 9.69 Å². The molecule has 1 heterocycles. The van der Waals surface area contributed by atoms with Crippen molar-refractivity contribution < 1.29 is 4.79 Å². The second kappa shape index (κ2) is 8.81. The van der Waals surface area contributed by atoms with E-state index in [9.17, 15) is 4.79 Å². The first-order valence-electron chi connectivity index (χ1n) is 10.0. The van der Waals surface area contributed by atoms with E-state index < -0.39 is 0 Å². The Bertz CT molecular complexity index is 543. The highest BCUT2D eigenvalue weighted by Crippen LogP contribution is 2.35. The Morgan fingerprint density at radius 3 is 2.28 bits per heavy atom. The van der Waals surface area contributed by atoms with Crippen LogP contribution in [0, 0.1) is 0 Å². The SMILES string of the molecule is CNC(=O)c1ccc(CNCC2(N3CCCCC3)CCCCC2)cc1. The zero-order valence-corrected chi connectivity index (χ0v) is 15.7. The molecule has 1 aliphatic carbocycles. The molecule has 2 fully saturated rings. The van der Waals surface area contributed by atoms with Crippen molar-refractivity contribution in [3.8, 4) is 0 Å². The van der Waals surface area contributed by atoms with Crippen LogP contribution in [0.25, 0.3) is 0 Å². The van der Waals surface area contributed by atoms with E-state index in [1.54, 1.807) is 7.05 Å². The van der Waals surface area contributed by atoms with Gasteiger partial charge in [0.15, 0.2) is 0 Å². The van der Waals surface area contributed by atoms with E-state index in [-0.39, 0.29) is 5.91 Å². The summed E-state index contributed by atoms with van der Waals surface area (Å²) in [5.41, 5.74) is 2.35. The van der Waals surface area contributed by atoms with Crippen LogP contribution in [0.5, 0.6) is 0 Å². The predicted molar refractivity (Wildman–Crippen MR) is 103 cm³/mol. The molecule has 25 heavy (non-hydrogen) atoms. The first kappa shape index (κ1) is 18.4. The van der Waals surface area contributed by atoms with E-state index >= 15 is 0 Å². The van der Waals surface area contributed by atoms with Crippen molar-refractivity contribution in [1.29, 1.82) is 0 Å². The molecular weight excluding hydrogens is 310 g/mol. The van der Waals surface area contributed by atoms with Crippen LogP contribution < -0.4 is 10.6 Å². The number of benzene rings is 1. The minimum Gasteiger partial charge on any atom is -0.355 e. The molecule has 4 heteroatoms. The van der Waals surface area contributed by atoms with Crippen LogP contribution in [-0.4, -0.2) is 43.0 Å². The number of nitrogens with zero attached hydrogens (tertiary/aromatic N) is 1. The fourth-order valence-corrected chi connectivity index (χ4v) is 4.54. The van der Waals surface area contributed by atoms with E-state index in [1.165, 1.54) is 70.0 Å². The Labute approximate surface area is 152 Å². The second-order valence-electron chi connectivity index (χ2n) is 7.71. The Morgan fingerprint density at radius 2 is 1.64 bits per heavy atom. The van der Waals surface area contributed by atoms with Crippen molar-refractivity contribution >= 4 is 5.91 Å². The lowest BCUT2D eigenvalue weighted by atomic mass is 9.79. The summed E-state index contributed by atoms with van der Waals surface area (Å²) in [6.07, 6.45) is 11.0. The van der Waals surface area contributed by atoms with Gasteiger partial charge in [0.05, 0.1) is 0 Å². The maximum absolute atomic E-state index is 11.6. The molecule has 0 radical (unpaired) electrons. The van der Waals surface area contributed by atoms with Gasteiger partial charge in [-0.05, 0) is 56.5 Å². The van der Waals surface area contributed by atoms with Gasteiger partial charge in [0.25, 0.3) is 5.91 Å². The number of amides is 1. The number of rotatable bonds is 6. The summed E-state index contributed by atoms with van der Waals surface area (Å²) in [6, 6.07) is 7.95. The average molecular weight is 344 g/mol. The van der Waals surface area contributed by atoms with Crippen LogP contribution >= 0.6 is 0 Å². The van der Waals surface area contributed by atoms with Crippen molar-refractivity contribution in [3.05, 3.63) is 35.4 Å². The predicted octanol–water partition coefficient (Wildman–Crippen LogP) is 3.32. The fourth-order valence-electron chi connectivity index (χ4n) is 4.54. The Hall–Kier alpha value is -1.39.